The summed E-state index contributed by atoms with van der Waals surface area (Å²) >= 11 is 3.87. The largest absolute Gasteiger partial charge is 0.487 e. The van der Waals surface area contributed by atoms with Crippen LogP contribution in [-0.4, -0.2) is 48.4 Å². The standard InChI is InChI=1S/C5H12N2.CH3NOS/c1-7-4-2-6-3-5-7;2-1(3)4/h6H,2-5H2,1H3;(H3,2,3,4). The lowest BCUT2D eigenvalue weighted by Crippen LogP contribution is -2.40. The Balaban J connectivity index is 0.000000218. The van der Waals surface area contributed by atoms with E-state index in [0.29, 0.717) is 0 Å². The van der Waals surface area contributed by atoms with E-state index in [-0.39, 0.29) is 0 Å². The van der Waals surface area contributed by atoms with Crippen LogP contribution in [0, 0.1) is 0 Å². The average Bonchev–Trinajstić information content (AvgIpc) is 1.87. The summed E-state index contributed by atoms with van der Waals surface area (Å²) in [4.78, 5) is 2.33. The van der Waals surface area contributed by atoms with E-state index >= 15 is 0 Å². The third-order valence-corrected chi connectivity index (χ3v) is 1.34. The molecule has 1 saturated heterocycles. The van der Waals surface area contributed by atoms with Gasteiger partial charge < -0.3 is 21.1 Å². The summed E-state index contributed by atoms with van der Waals surface area (Å²) in [6.07, 6.45) is 0. The van der Waals surface area contributed by atoms with Gasteiger partial charge in [0.05, 0.1) is 0 Å². The van der Waals surface area contributed by atoms with Crippen LogP contribution in [0.25, 0.3) is 0 Å². The van der Waals surface area contributed by atoms with Crippen molar-refractivity contribution in [1.29, 1.82) is 0 Å². The predicted octanol–water partition coefficient (Wildman–Crippen LogP) is -0.691. The SMILES string of the molecule is CN1CCNCC1.NC(O)=S. The highest BCUT2D eigenvalue weighted by Gasteiger charge is 2.01. The van der Waals surface area contributed by atoms with E-state index in [1.807, 2.05) is 0 Å². The van der Waals surface area contributed by atoms with Crippen molar-refractivity contribution >= 4 is 17.4 Å². The van der Waals surface area contributed by atoms with E-state index in [0.717, 1.165) is 13.1 Å². The van der Waals surface area contributed by atoms with Crippen molar-refractivity contribution in [3.63, 3.8) is 0 Å². The van der Waals surface area contributed by atoms with E-state index in [1.54, 1.807) is 0 Å². The highest BCUT2D eigenvalue weighted by Crippen LogP contribution is 1.82. The lowest BCUT2D eigenvalue weighted by atomic mass is 10.4. The Morgan fingerprint density at radius 1 is 1.55 bits per heavy atom. The molecule has 0 unspecified atom stereocenters. The zero-order chi connectivity index (χ0) is 8.69. The van der Waals surface area contributed by atoms with E-state index in [4.69, 9.17) is 5.11 Å². The van der Waals surface area contributed by atoms with Gasteiger partial charge in [-0.05, 0) is 19.3 Å². The summed E-state index contributed by atoms with van der Waals surface area (Å²) in [6.45, 7) is 4.74. The first kappa shape index (κ1) is 10.6. The van der Waals surface area contributed by atoms with Crippen LogP contribution in [0.3, 0.4) is 0 Å². The first-order valence-corrected chi connectivity index (χ1v) is 3.91. The number of rotatable bonds is 0. The molecule has 1 aliphatic rings. The molecule has 0 amide bonds. The van der Waals surface area contributed by atoms with Gasteiger partial charge in [0.1, 0.15) is 0 Å². The third kappa shape index (κ3) is 9.61. The Morgan fingerprint density at radius 2 is 1.91 bits per heavy atom. The van der Waals surface area contributed by atoms with Crippen LogP contribution in [0.2, 0.25) is 0 Å². The number of aliphatic hydroxyl groups is 1. The molecule has 4 nitrogen and oxygen atoms in total. The number of likely N-dealkylation sites (N-methyl/N-ethyl adjacent to an activating group) is 1. The van der Waals surface area contributed by atoms with E-state index in [9.17, 15) is 0 Å². The Labute approximate surface area is 72.4 Å². The molecule has 0 radical (unpaired) electrons. The molecule has 0 atom stereocenters. The minimum Gasteiger partial charge on any atom is -0.487 e. The van der Waals surface area contributed by atoms with Crippen molar-refractivity contribution in [2.75, 3.05) is 33.2 Å². The van der Waals surface area contributed by atoms with Gasteiger partial charge in [-0.2, -0.15) is 0 Å². The maximum Gasteiger partial charge on any atom is 0.251 e. The molecular formula is C6H15N3OS. The van der Waals surface area contributed by atoms with E-state index in [2.05, 4.69) is 35.2 Å². The van der Waals surface area contributed by atoms with Crippen LogP contribution < -0.4 is 11.1 Å². The number of thiocarbonyl (C=S) groups is 1. The molecule has 1 heterocycles. The minimum absolute atomic E-state index is 0.500. The maximum atomic E-state index is 7.56. The molecule has 0 saturated carbocycles. The number of nitrogens with one attached hydrogen (secondary N) is 1. The summed E-state index contributed by atoms with van der Waals surface area (Å²) in [6, 6.07) is 0. The lowest BCUT2D eigenvalue weighted by molar-refractivity contribution is 0.291. The van der Waals surface area contributed by atoms with Gasteiger partial charge in [0.15, 0.2) is 0 Å². The fraction of sp³-hybridized carbons (Fsp3) is 0.833. The normalized spacial score (nSPS) is 18.3. The van der Waals surface area contributed by atoms with Crippen molar-refractivity contribution in [2.24, 2.45) is 5.73 Å². The maximum absolute atomic E-state index is 7.56. The minimum atomic E-state index is -0.500. The molecule has 1 aliphatic heterocycles. The summed E-state index contributed by atoms with van der Waals surface area (Å²) in [5.41, 5.74) is 4.40. The average molecular weight is 177 g/mol. The lowest BCUT2D eigenvalue weighted by Gasteiger charge is -2.21. The Hall–Kier alpha value is -0.390. The van der Waals surface area contributed by atoms with Gasteiger partial charge in [0, 0.05) is 26.2 Å². The molecule has 0 aliphatic carbocycles. The number of aliphatic hydroxyl groups excluding tert-OH is 1. The zero-order valence-corrected chi connectivity index (χ0v) is 7.52. The highest BCUT2D eigenvalue weighted by molar-refractivity contribution is 7.79. The smallest absolute Gasteiger partial charge is 0.251 e. The number of hydrogen-bond acceptors (Lipinski definition) is 3. The fourth-order valence-electron chi connectivity index (χ4n) is 0.777. The van der Waals surface area contributed by atoms with E-state index < -0.39 is 5.17 Å². The van der Waals surface area contributed by atoms with Crippen LogP contribution >= 0.6 is 12.2 Å². The molecule has 4 N–H and O–H groups in total. The molecule has 0 aromatic heterocycles. The number of hydrogen-bond donors (Lipinski definition) is 3. The van der Waals surface area contributed by atoms with Gasteiger partial charge in [0.2, 0.25) is 0 Å². The first-order chi connectivity index (χ1) is 5.13. The van der Waals surface area contributed by atoms with Gasteiger partial charge in [0.25, 0.3) is 5.17 Å². The molecule has 0 spiro atoms. The fourth-order valence-corrected chi connectivity index (χ4v) is 0.777. The Bertz CT molecular complexity index is 110. The van der Waals surface area contributed by atoms with E-state index in [1.165, 1.54) is 13.1 Å². The third-order valence-electron chi connectivity index (χ3n) is 1.34. The van der Waals surface area contributed by atoms with Gasteiger partial charge in [-0.3, -0.25) is 0 Å². The summed E-state index contributed by atoms with van der Waals surface area (Å²) in [5.74, 6) is 0. The molecule has 0 aromatic rings. The second-order valence-corrected chi connectivity index (χ2v) is 2.81. The molecule has 1 fully saturated rings. The van der Waals surface area contributed by atoms with Crippen LogP contribution in [0.4, 0.5) is 0 Å². The number of nitrogens with zero attached hydrogens (tertiary/aromatic N) is 1. The summed E-state index contributed by atoms with van der Waals surface area (Å²) in [7, 11) is 2.15. The summed E-state index contributed by atoms with van der Waals surface area (Å²) < 4.78 is 0. The molecule has 1 rings (SSSR count). The van der Waals surface area contributed by atoms with Gasteiger partial charge >= 0.3 is 0 Å². The first-order valence-electron chi connectivity index (χ1n) is 3.50. The van der Waals surface area contributed by atoms with Crippen molar-refractivity contribution in [3.05, 3.63) is 0 Å². The second kappa shape index (κ2) is 6.33. The molecular weight excluding hydrogens is 162 g/mol. The molecule has 11 heavy (non-hydrogen) atoms. The van der Waals surface area contributed by atoms with Crippen molar-refractivity contribution < 1.29 is 5.11 Å². The topological polar surface area (TPSA) is 61.5 Å². The Morgan fingerprint density at radius 3 is 2.09 bits per heavy atom. The van der Waals surface area contributed by atoms with Gasteiger partial charge in [-0.15, -0.1) is 0 Å². The summed E-state index contributed by atoms with van der Waals surface area (Å²) in [5, 5.41) is 10.3. The van der Waals surface area contributed by atoms with Crippen LogP contribution in [0.15, 0.2) is 0 Å². The highest BCUT2D eigenvalue weighted by atomic mass is 32.1. The van der Waals surface area contributed by atoms with Crippen LogP contribution in [0.1, 0.15) is 0 Å². The molecule has 5 heteroatoms. The molecule has 0 bridgehead atoms. The quantitative estimate of drug-likeness (QED) is 0.428. The second-order valence-electron chi connectivity index (χ2n) is 2.39. The molecule has 66 valence electrons. The van der Waals surface area contributed by atoms with Gasteiger partial charge in [-0.1, -0.05) is 0 Å². The monoisotopic (exact) mass is 177 g/mol. The van der Waals surface area contributed by atoms with Crippen molar-refractivity contribution in [2.45, 2.75) is 0 Å². The number of piperazine rings is 1. The van der Waals surface area contributed by atoms with Crippen LogP contribution in [-0.2, 0) is 0 Å². The van der Waals surface area contributed by atoms with Crippen LogP contribution in [0.5, 0.6) is 0 Å². The predicted molar refractivity (Wildman–Crippen MR) is 49.8 cm³/mol. The Kier molecular flexibility index (Phi) is 6.10. The number of nitrogens with two attached hydrogens (primary N) is 1. The van der Waals surface area contributed by atoms with Gasteiger partial charge in [-0.25, -0.2) is 0 Å². The van der Waals surface area contributed by atoms with Crippen molar-refractivity contribution in [3.8, 4) is 0 Å². The molecule has 0 aromatic carbocycles. The van der Waals surface area contributed by atoms with Crippen molar-refractivity contribution in [1.82, 2.24) is 10.2 Å². The zero-order valence-electron chi connectivity index (χ0n) is 6.71.